The van der Waals surface area contributed by atoms with E-state index in [2.05, 4.69) is 10.1 Å². The van der Waals surface area contributed by atoms with Crippen LogP contribution >= 0.6 is 0 Å². The van der Waals surface area contributed by atoms with Crippen LogP contribution in [-0.4, -0.2) is 30.7 Å². The first kappa shape index (κ1) is 13.2. The molecule has 2 heterocycles. The topological polar surface area (TPSA) is 117 Å². The molecule has 0 amide bonds. The van der Waals surface area contributed by atoms with Crippen molar-refractivity contribution in [2.24, 2.45) is 0 Å². The van der Waals surface area contributed by atoms with Crippen molar-refractivity contribution in [2.75, 3.05) is 0 Å². The van der Waals surface area contributed by atoms with Crippen LogP contribution in [0.2, 0.25) is 0 Å². The molecular weight excluding hydrogens is 278 g/mol. The van der Waals surface area contributed by atoms with E-state index < -0.39 is 11.0 Å². The number of fused-ring (bicyclic) bond motifs is 1. The molecule has 1 atom stereocenters. The van der Waals surface area contributed by atoms with Crippen LogP contribution in [0.4, 0.5) is 5.69 Å². The molecule has 0 saturated carbocycles. The van der Waals surface area contributed by atoms with Crippen molar-refractivity contribution < 1.29 is 9.85 Å². The summed E-state index contributed by atoms with van der Waals surface area (Å²) in [5, 5.41) is 25.7. The third-order valence-corrected chi connectivity index (χ3v) is 3.47. The first-order valence-electron chi connectivity index (χ1n) is 6.36. The minimum atomic E-state index is -0.635. The third-order valence-electron chi connectivity index (χ3n) is 3.47. The fourth-order valence-corrected chi connectivity index (χ4v) is 2.32. The number of nitro groups is 2. The third kappa shape index (κ3) is 2.45. The van der Waals surface area contributed by atoms with Crippen molar-refractivity contribution >= 4 is 5.69 Å². The number of non-ortho nitro benzene ring substituents is 1. The highest BCUT2D eigenvalue weighted by atomic mass is 16.6. The summed E-state index contributed by atoms with van der Waals surface area (Å²) in [6.45, 7) is 0.211. The summed E-state index contributed by atoms with van der Waals surface area (Å²) in [4.78, 5) is 25.0. The van der Waals surface area contributed by atoms with Crippen LogP contribution in [0, 0.1) is 20.2 Å². The maximum absolute atomic E-state index is 10.8. The number of nitrogens with zero attached hydrogens (tertiary/aromatic N) is 5. The molecule has 1 aliphatic rings. The fraction of sp³-hybridized carbons (Fsp3) is 0.333. The lowest BCUT2D eigenvalue weighted by molar-refractivity contribution is -0.527. The maximum Gasteiger partial charge on any atom is 0.269 e. The number of hydrogen-bond acceptors (Lipinski definition) is 6. The van der Waals surface area contributed by atoms with Crippen LogP contribution in [0.5, 0.6) is 0 Å². The van der Waals surface area contributed by atoms with Gasteiger partial charge in [-0.2, -0.15) is 5.10 Å². The smallest absolute Gasteiger partial charge is 0.264 e. The van der Waals surface area contributed by atoms with Gasteiger partial charge in [0.05, 0.1) is 4.92 Å². The number of benzene rings is 1. The van der Waals surface area contributed by atoms with E-state index in [1.54, 1.807) is 16.8 Å². The van der Waals surface area contributed by atoms with E-state index in [4.69, 9.17) is 0 Å². The van der Waals surface area contributed by atoms with E-state index in [9.17, 15) is 20.2 Å². The molecule has 0 bridgehead atoms. The molecule has 2 aromatic rings. The molecule has 1 aliphatic heterocycles. The van der Waals surface area contributed by atoms with Crippen molar-refractivity contribution in [1.82, 2.24) is 14.8 Å². The van der Waals surface area contributed by atoms with E-state index in [1.807, 2.05) is 0 Å². The van der Waals surface area contributed by atoms with Crippen molar-refractivity contribution in [3.8, 4) is 11.4 Å². The Morgan fingerprint density at radius 2 is 1.90 bits per heavy atom. The minimum absolute atomic E-state index is 0.00358. The summed E-state index contributed by atoms with van der Waals surface area (Å²) in [5.41, 5.74) is 0.649. The molecule has 9 heteroatoms. The Balaban J connectivity index is 1.88. The number of nitro benzene ring substituents is 1. The average molecular weight is 289 g/mol. The predicted octanol–water partition coefficient (Wildman–Crippen LogP) is 1.44. The van der Waals surface area contributed by atoms with Crippen molar-refractivity contribution in [1.29, 1.82) is 0 Å². The summed E-state index contributed by atoms with van der Waals surface area (Å²) < 4.78 is 1.55. The zero-order valence-corrected chi connectivity index (χ0v) is 10.9. The molecule has 21 heavy (non-hydrogen) atoms. The molecule has 0 aliphatic carbocycles. The second-order valence-corrected chi connectivity index (χ2v) is 4.82. The van der Waals surface area contributed by atoms with Crippen LogP contribution < -0.4 is 0 Å². The van der Waals surface area contributed by atoms with E-state index in [0.29, 0.717) is 30.1 Å². The lowest BCUT2D eigenvalue weighted by Crippen LogP contribution is -2.31. The Kier molecular flexibility index (Phi) is 3.09. The molecule has 1 aromatic heterocycles. The summed E-state index contributed by atoms with van der Waals surface area (Å²) >= 11 is 0. The number of aryl methyl sites for hydroxylation is 1. The van der Waals surface area contributed by atoms with Crippen LogP contribution in [0.15, 0.2) is 24.3 Å². The predicted molar refractivity (Wildman–Crippen MR) is 71.2 cm³/mol. The molecule has 9 nitrogen and oxygen atoms in total. The number of aromatic nitrogens is 3. The highest BCUT2D eigenvalue weighted by Gasteiger charge is 2.29. The lowest BCUT2D eigenvalue weighted by Gasteiger charge is -2.15. The van der Waals surface area contributed by atoms with Crippen molar-refractivity contribution in [3.05, 3.63) is 50.3 Å². The Morgan fingerprint density at radius 1 is 1.19 bits per heavy atom. The Bertz CT molecular complexity index is 709. The molecule has 0 radical (unpaired) electrons. The fourth-order valence-electron chi connectivity index (χ4n) is 2.32. The molecule has 1 unspecified atom stereocenters. The highest BCUT2D eigenvalue weighted by Crippen LogP contribution is 2.22. The van der Waals surface area contributed by atoms with Gasteiger partial charge in [-0.3, -0.25) is 20.2 Å². The molecule has 108 valence electrons. The summed E-state index contributed by atoms with van der Waals surface area (Å²) in [5.74, 6) is 1.14. The van der Waals surface area contributed by atoms with Crippen molar-refractivity contribution in [3.63, 3.8) is 0 Å². The standard InChI is InChI=1S/C12H11N5O4/c18-16(19)9-3-1-8(2-4-9)12-13-11-6-5-10(17(20)21)7-15(11)14-12/h1-4,10H,5-7H2. The Morgan fingerprint density at radius 3 is 2.52 bits per heavy atom. The second-order valence-electron chi connectivity index (χ2n) is 4.82. The second kappa shape index (κ2) is 4.93. The van der Waals surface area contributed by atoms with Gasteiger partial charge in [0.1, 0.15) is 12.4 Å². The molecule has 1 aromatic carbocycles. The molecule has 0 N–H and O–H groups in total. The lowest BCUT2D eigenvalue weighted by atomic mass is 10.1. The van der Waals surface area contributed by atoms with Crippen LogP contribution in [-0.2, 0) is 13.0 Å². The van der Waals surface area contributed by atoms with Crippen LogP contribution in [0.25, 0.3) is 11.4 Å². The van der Waals surface area contributed by atoms with E-state index in [0.717, 1.165) is 0 Å². The van der Waals surface area contributed by atoms with E-state index in [-0.39, 0.29) is 17.2 Å². The first-order chi connectivity index (χ1) is 10.0. The van der Waals surface area contributed by atoms with Gasteiger partial charge in [-0.05, 0) is 12.1 Å². The van der Waals surface area contributed by atoms with Gasteiger partial charge in [0.2, 0.25) is 6.04 Å². The van der Waals surface area contributed by atoms with Gasteiger partial charge < -0.3 is 0 Å². The molecular formula is C12H11N5O4. The quantitative estimate of drug-likeness (QED) is 0.623. The zero-order valence-electron chi connectivity index (χ0n) is 10.9. The first-order valence-corrected chi connectivity index (χ1v) is 6.36. The van der Waals surface area contributed by atoms with Gasteiger partial charge in [0.25, 0.3) is 5.69 Å². The van der Waals surface area contributed by atoms with Gasteiger partial charge in [-0.1, -0.05) is 0 Å². The van der Waals surface area contributed by atoms with Crippen molar-refractivity contribution in [2.45, 2.75) is 25.4 Å². The Labute approximate surface area is 118 Å². The molecule has 0 spiro atoms. The minimum Gasteiger partial charge on any atom is -0.264 e. The SMILES string of the molecule is O=[N+]([O-])c1ccc(-c2nc3n(n2)CC([N+](=O)[O-])CC3)cc1. The Hall–Kier alpha value is -2.84. The normalized spacial score (nSPS) is 17.2. The summed E-state index contributed by atoms with van der Waals surface area (Å²) in [6.07, 6.45) is 0.955. The van der Waals surface area contributed by atoms with Gasteiger partial charge in [-0.25, -0.2) is 9.67 Å². The maximum atomic E-state index is 10.8. The van der Waals surface area contributed by atoms with Gasteiger partial charge >= 0.3 is 0 Å². The highest BCUT2D eigenvalue weighted by molar-refractivity contribution is 5.57. The summed E-state index contributed by atoms with van der Waals surface area (Å²) in [7, 11) is 0. The van der Waals surface area contributed by atoms with Gasteiger partial charge in [0.15, 0.2) is 5.82 Å². The monoisotopic (exact) mass is 289 g/mol. The number of hydrogen-bond donors (Lipinski definition) is 0. The van der Waals surface area contributed by atoms with Crippen LogP contribution in [0.3, 0.4) is 0 Å². The largest absolute Gasteiger partial charge is 0.269 e. The number of rotatable bonds is 3. The van der Waals surface area contributed by atoms with Gasteiger partial charge in [-0.15, -0.1) is 0 Å². The average Bonchev–Trinajstić information content (AvgIpc) is 2.90. The summed E-state index contributed by atoms with van der Waals surface area (Å²) in [6, 6.07) is 5.28. The van der Waals surface area contributed by atoms with Gasteiger partial charge in [0, 0.05) is 35.5 Å². The zero-order chi connectivity index (χ0) is 15.0. The molecule has 0 saturated heterocycles. The van der Waals surface area contributed by atoms with E-state index >= 15 is 0 Å². The molecule has 0 fully saturated rings. The van der Waals surface area contributed by atoms with E-state index in [1.165, 1.54) is 12.1 Å². The van der Waals surface area contributed by atoms with Crippen LogP contribution in [0.1, 0.15) is 12.2 Å². The molecule has 3 rings (SSSR count).